The minimum Gasteiger partial charge on any atom is -0.205 e. The molecule has 0 aliphatic heterocycles. The molecule has 0 aromatic heterocycles. The van der Waals surface area contributed by atoms with Crippen LogP contribution < -0.4 is 0 Å². The maximum Gasteiger partial charge on any atom is 0.422 e. The molecule has 0 nitrogen and oxygen atoms in total. The summed E-state index contributed by atoms with van der Waals surface area (Å²) in [5.41, 5.74) is -2.25. The molecule has 0 unspecified atom stereocenters. The van der Waals surface area contributed by atoms with Crippen LogP contribution in [0.4, 0.5) is 26.3 Å². The van der Waals surface area contributed by atoms with E-state index in [-0.39, 0.29) is 0 Å². The Morgan fingerprint density at radius 2 is 1.13 bits per heavy atom. The van der Waals surface area contributed by atoms with Crippen molar-refractivity contribution < 1.29 is 26.3 Å². The first kappa shape index (κ1) is 12.8. The summed E-state index contributed by atoms with van der Waals surface area (Å²) in [4.78, 5) is 0. The van der Waals surface area contributed by atoms with E-state index in [0.717, 1.165) is 0 Å². The number of benzene rings is 1. The average molecular weight is 358 g/mol. The van der Waals surface area contributed by atoms with Crippen molar-refractivity contribution in [1.82, 2.24) is 0 Å². The van der Waals surface area contributed by atoms with E-state index in [2.05, 4.69) is 31.9 Å². The van der Waals surface area contributed by atoms with Gasteiger partial charge in [-0.15, -0.1) is 0 Å². The fourth-order valence-corrected chi connectivity index (χ4v) is 1.57. The summed E-state index contributed by atoms with van der Waals surface area (Å²) < 4.78 is 73.5. The van der Waals surface area contributed by atoms with Crippen LogP contribution in [0.25, 0.3) is 0 Å². The zero-order valence-corrected chi connectivity index (χ0v) is 9.70. The first-order valence-electron chi connectivity index (χ1n) is 3.26. The largest absolute Gasteiger partial charge is 0.422 e. The molecule has 0 aliphatic carbocycles. The lowest BCUT2D eigenvalue weighted by Crippen LogP contribution is -2.14. The van der Waals surface area contributed by atoms with Gasteiger partial charge in [-0.3, -0.25) is 0 Å². The standard InChI is InChI=1S/C7Br2F6/c8-2-3(9)6(12)5(11)1(4(2)10)7(13,14)15. The van der Waals surface area contributed by atoms with E-state index in [9.17, 15) is 26.3 Å². The maximum atomic E-state index is 13.0. The summed E-state index contributed by atoms with van der Waals surface area (Å²) in [5, 5.41) is 0. The number of halogens is 8. The first-order chi connectivity index (χ1) is 6.68. The van der Waals surface area contributed by atoms with E-state index in [4.69, 9.17) is 0 Å². The average Bonchev–Trinajstić information content (AvgIpc) is 2.09. The molecule has 0 radical (unpaired) electrons. The lowest BCUT2D eigenvalue weighted by Gasteiger charge is -2.12. The molecule has 0 bridgehead atoms. The van der Waals surface area contributed by atoms with Crippen molar-refractivity contribution >= 4 is 31.9 Å². The molecule has 1 aromatic rings. The minimum absolute atomic E-state index is 0.731. The summed E-state index contributed by atoms with van der Waals surface area (Å²) in [6.45, 7) is 0. The van der Waals surface area contributed by atoms with Gasteiger partial charge in [-0.2, -0.15) is 13.2 Å². The van der Waals surface area contributed by atoms with Gasteiger partial charge in [0, 0.05) is 0 Å². The lowest BCUT2D eigenvalue weighted by molar-refractivity contribution is -0.142. The van der Waals surface area contributed by atoms with Crippen LogP contribution in [0.1, 0.15) is 5.56 Å². The van der Waals surface area contributed by atoms with Crippen LogP contribution in [0.15, 0.2) is 8.95 Å². The van der Waals surface area contributed by atoms with Crippen molar-refractivity contribution in [3.63, 3.8) is 0 Å². The summed E-state index contributed by atoms with van der Waals surface area (Å²) in [5.74, 6) is -5.96. The van der Waals surface area contributed by atoms with E-state index in [1.54, 1.807) is 0 Å². The quantitative estimate of drug-likeness (QED) is 0.360. The molecule has 0 spiro atoms. The Labute approximate surface area is 96.5 Å². The summed E-state index contributed by atoms with van der Waals surface area (Å²) in [7, 11) is 0. The van der Waals surface area contributed by atoms with Gasteiger partial charge in [0.25, 0.3) is 0 Å². The van der Waals surface area contributed by atoms with Crippen molar-refractivity contribution in [2.24, 2.45) is 0 Å². The van der Waals surface area contributed by atoms with E-state index in [1.165, 1.54) is 0 Å². The molecular formula is C7Br2F6. The third-order valence-corrected chi connectivity index (χ3v) is 3.51. The number of hydrogen-bond donors (Lipinski definition) is 0. The molecule has 15 heavy (non-hydrogen) atoms. The van der Waals surface area contributed by atoms with E-state index >= 15 is 0 Å². The van der Waals surface area contributed by atoms with Crippen LogP contribution >= 0.6 is 31.9 Å². The molecule has 0 fully saturated rings. The van der Waals surface area contributed by atoms with E-state index < -0.39 is 38.1 Å². The van der Waals surface area contributed by atoms with Crippen molar-refractivity contribution in [1.29, 1.82) is 0 Å². The molecule has 0 saturated heterocycles. The Bertz CT molecular complexity index is 382. The number of alkyl halides is 3. The number of rotatable bonds is 0. The van der Waals surface area contributed by atoms with Crippen molar-refractivity contribution in [2.75, 3.05) is 0 Å². The van der Waals surface area contributed by atoms with Crippen molar-refractivity contribution in [3.05, 3.63) is 32.0 Å². The third-order valence-electron chi connectivity index (χ3n) is 1.49. The van der Waals surface area contributed by atoms with Gasteiger partial charge in [-0.25, -0.2) is 13.2 Å². The van der Waals surface area contributed by atoms with Gasteiger partial charge in [0.1, 0.15) is 5.56 Å². The summed E-state index contributed by atoms with van der Waals surface area (Å²) in [6.07, 6.45) is -5.29. The van der Waals surface area contributed by atoms with Crippen molar-refractivity contribution in [3.8, 4) is 0 Å². The Morgan fingerprint density at radius 1 is 0.733 bits per heavy atom. The highest BCUT2D eigenvalue weighted by molar-refractivity contribution is 9.13. The molecule has 84 valence electrons. The zero-order valence-electron chi connectivity index (χ0n) is 6.52. The monoisotopic (exact) mass is 356 g/mol. The van der Waals surface area contributed by atoms with E-state index in [1.807, 2.05) is 0 Å². The second kappa shape index (κ2) is 3.97. The Balaban J connectivity index is 3.68. The second-order valence-electron chi connectivity index (χ2n) is 2.44. The predicted octanol–water partition coefficient (Wildman–Crippen LogP) is 4.65. The van der Waals surface area contributed by atoms with Crippen LogP contribution in [0.5, 0.6) is 0 Å². The van der Waals surface area contributed by atoms with Gasteiger partial charge in [0.2, 0.25) is 0 Å². The van der Waals surface area contributed by atoms with Crippen LogP contribution in [-0.4, -0.2) is 0 Å². The SMILES string of the molecule is Fc1c(F)c(C(F)(F)F)c(F)c(Br)c1Br. The minimum atomic E-state index is -5.29. The Kier molecular flexibility index (Phi) is 3.39. The number of hydrogen-bond acceptors (Lipinski definition) is 0. The predicted molar refractivity (Wildman–Crippen MR) is 46.7 cm³/mol. The molecule has 0 amide bonds. The Hall–Kier alpha value is -0.240. The lowest BCUT2D eigenvalue weighted by atomic mass is 10.2. The van der Waals surface area contributed by atoms with Crippen molar-refractivity contribution in [2.45, 2.75) is 6.18 Å². The molecule has 0 saturated carbocycles. The summed E-state index contributed by atoms with van der Waals surface area (Å²) >= 11 is 4.79. The molecule has 0 atom stereocenters. The van der Waals surface area contributed by atoms with Crippen LogP contribution in [0.2, 0.25) is 0 Å². The Morgan fingerprint density at radius 3 is 1.53 bits per heavy atom. The van der Waals surface area contributed by atoms with E-state index in [0.29, 0.717) is 0 Å². The molecule has 0 N–H and O–H groups in total. The highest BCUT2D eigenvalue weighted by atomic mass is 79.9. The second-order valence-corrected chi connectivity index (χ2v) is 4.03. The summed E-state index contributed by atoms with van der Waals surface area (Å²) in [6, 6.07) is 0. The first-order valence-corrected chi connectivity index (χ1v) is 4.85. The van der Waals surface area contributed by atoms with Crippen LogP contribution in [0.3, 0.4) is 0 Å². The van der Waals surface area contributed by atoms with Crippen LogP contribution in [-0.2, 0) is 6.18 Å². The smallest absolute Gasteiger partial charge is 0.205 e. The fraction of sp³-hybridized carbons (Fsp3) is 0.143. The molecular weight excluding hydrogens is 358 g/mol. The third kappa shape index (κ3) is 2.15. The fourth-order valence-electron chi connectivity index (χ4n) is 0.854. The van der Waals surface area contributed by atoms with Crippen LogP contribution in [0, 0.1) is 17.5 Å². The van der Waals surface area contributed by atoms with Gasteiger partial charge in [0.05, 0.1) is 8.95 Å². The normalized spacial score (nSPS) is 12.0. The van der Waals surface area contributed by atoms with Gasteiger partial charge in [0.15, 0.2) is 17.5 Å². The topological polar surface area (TPSA) is 0 Å². The van der Waals surface area contributed by atoms with Gasteiger partial charge in [-0.05, 0) is 31.9 Å². The zero-order chi connectivity index (χ0) is 12.0. The molecule has 1 rings (SSSR count). The van der Waals surface area contributed by atoms with Gasteiger partial charge < -0.3 is 0 Å². The molecule has 0 aliphatic rings. The maximum absolute atomic E-state index is 13.0. The molecule has 1 aromatic carbocycles. The van der Waals surface area contributed by atoms with Gasteiger partial charge in [-0.1, -0.05) is 0 Å². The highest BCUT2D eigenvalue weighted by Crippen LogP contribution is 2.40. The molecule has 0 heterocycles. The molecule has 8 heteroatoms. The highest BCUT2D eigenvalue weighted by Gasteiger charge is 2.41. The van der Waals surface area contributed by atoms with Gasteiger partial charge >= 0.3 is 6.18 Å².